The molecule has 2 atom stereocenters. The summed E-state index contributed by atoms with van der Waals surface area (Å²) in [5, 5.41) is 3.12. The fourth-order valence-electron chi connectivity index (χ4n) is 3.11. The van der Waals surface area contributed by atoms with Gasteiger partial charge in [0.2, 0.25) is 5.91 Å². The highest BCUT2D eigenvalue weighted by molar-refractivity contribution is 5.80. The lowest BCUT2D eigenvalue weighted by molar-refractivity contribution is -0.127. The van der Waals surface area contributed by atoms with E-state index in [9.17, 15) is 9.59 Å². The van der Waals surface area contributed by atoms with Crippen LogP contribution in [0.4, 0.5) is 0 Å². The maximum absolute atomic E-state index is 12.5. The molecule has 114 valence electrons. The standard InChI is InChI=1S/C16H23N3O2/c1-18-7-6-13(11-5-8-19(2)15(20)9-11)14(10-18)16(21)17-12-3-4-12/h5,8-9,12-14H,3-4,6-7,10H2,1-2H3,(H,17,21). The predicted octanol–water partition coefficient (Wildman–Crippen LogP) is 0.699. The molecule has 3 rings (SSSR count). The first-order chi connectivity index (χ1) is 10.0. The fourth-order valence-corrected chi connectivity index (χ4v) is 3.11. The van der Waals surface area contributed by atoms with E-state index in [-0.39, 0.29) is 23.3 Å². The first-order valence-electron chi connectivity index (χ1n) is 7.70. The van der Waals surface area contributed by atoms with Gasteiger partial charge in [-0.3, -0.25) is 9.59 Å². The van der Waals surface area contributed by atoms with Crippen LogP contribution in [0.25, 0.3) is 0 Å². The quantitative estimate of drug-likeness (QED) is 0.891. The molecule has 2 unspecified atom stereocenters. The minimum Gasteiger partial charge on any atom is -0.353 e. The number of hydrogen-bond donors (Lipinski definition) is 1. The zero-order valence-electron chi connectivity index (χ0n) is 12.7. The second-order valence-electron chi connectivity index (χ2n) is 6.46. The summed E-state index contributed by atoms with van der Waals surface area (Å²) in [6.07, 6.45) is 4.92. The molecule has 0 spiro atoms. The molecule has 1 aromatic rings. The van der Waals surface area contributed by atoms with Crippen LogP contribution >= 0.6 is 0 Å². The molecule has 1 N–H and O–H groups in total. The Labute approximate surface area is 124 Å². The summed E-state index contributed by atoms with van der Waals surface area (Å²) in [5.41, 5.74) is 0.995. The van der Waals surface area contributed by atoms with Gasteiger partial charge >= 0.3 is 0 Å². The van der Waals surface area contributed by atoms with Crippen molar-refractivity contribution in [3.63, 3.8) is 0 Å². The molecule has 2 aliphatic rings. The summed E-state index contributed by atoms with van der Waals surface area (Å²) in [7, 11) is 3.80. The van der Waals surface area contributed by atoms with Crippen molar-refractivity contribution in [1.82, 2.24) is 14.8 Å². The van der Waals surface area contributed by atoms with Crippen LogP contribution in [0.2, 0.25) is 0 Å². The van der Waals surface area contributed by atoms with Gasteiger partial charge in [0.15, 0.2) is 0 Å². The summed E-state index contributed by atoms with van der Waals surface area (Å²) in [5.74, 6) is 0.236. The van der Waals surface area contributed by atoms with Gasteiger partial charge in [0.05, 0.1) is 5.92 Å². The van der Waals surface area contributed by atoms with Crippen molar-refractivity contribution in [3.05, 3.63) is 34.2 Å². The molecule has 1 aliphatic heterocycles. The molecule has 1 saturated heterocycles. The molecule has 5 heteroatoms. The van der Waals surface area contributed by atoms with Gasteiger partial charge in [0.1, 0.15) is 0 Å². The molecule has 2 heterocycles. The van der Waals surface area contributed by atoms with Gasteiger partial charge in [-0.2, -0.15) is 0 Å². The number of amides is 1. The maximum Gasteiger partial charge on any atom is 0.250 e. The highest BCUT2D eigenvalue weighted by Crippen LogP contribution is 2.33. The van der Waals surface area contributed by atoms with Gasteiger partial charge < -0.3 is 14.8 Å². The monoisotopic (exact) mass is 289 g/mol. The normalized spacial score (nSPS) is 26.6. The third-order valence-corrected chi connectivity index (χ3v) is 4.63. The molecular weight excluding hydrogens is 266 g/mol. The molecule has 0 aromatic carbocycles. The molecule has 0 bridgehead atoms. The number of nitrogens with zero attached hydrogens (tertiary/aromatic N) is 2. The third-order valence-electron chi connectivity index (χ3n) is 4.63. The SMILES string of the molecule is CN1CCC(c2ccn(C)c(=O)c2)C(C(=O)NC2CC2)C1. The van der Waals surface area contributed by atoms with E-state index in [1.807, 2.05) is 6.07 Å². The molecule has 1 amide bonds. The van der Waals surface area contributed by atoms with Crippen molar-refractivity contribution in [2.75, 3.05) is 20.1 Å². The van der Waals surface area contributed by atoms with Crippen molar-refractivity contribution in [2.45, 2.75) is 31.2 Å². The Bertz CT molecular complexity index is 591. The van der Waals surface area contributed by atoms with Crippen LogP contribution in [0.15, 0.2) is 23.1 Å². The van der Waals surface area contributed by atoms with E-state index < -0.39 is 0 Å². The Hall–Kier alpha value is -1.62. The Morgan fingerprint density at radius 3 is 2.71 bits per heavy atom. The predicted molar refractivity (Wildman–Crippen MR) is 81.2 cm³/mol. The van der Waals surface area contributed by atoms with Crippen molar-refractivity contribution >= 4 is 5.91 Å². The molecule has 1 aromatic heterocycles. The number of aromatic nitrogens is 1. The van der Waals surface area contributed by atoms with Gasteiger partial charge in [-0.25, -0.2) is 0 Å². The lowest BCUT2D eigenvalue weighted by atomic mass is 9.80. The minimum atomic E-state index is -0.0588. The number of carbonyl (C=O) groups excluding carboxylic acids is 1. The Morgan fingerprint density at radius 1 is 1.29 bits per heavy atom. The van der Waals surface area contributed by atoms with Crippen molar-refractivity contribution in [3.8, 4) is 0 Å². The molecule has 1 saturated carbocycles. The van der Waals surface area contributed by atoms with Gasteiger partial charge in [-0.15, -0.1) is 0 Å². The van der Waals surface area contributed by atoms with Crippen molar-refractivity contribution in [1.29, 1.82) is 0 Å². The highest BCUT2D eigenvalue weighted by Gasteiger charge is 2.36. The zero-order valence-corrected chi connectivity index (χ0v) is 12.7. The molecule has 21 heavy (non-hydrogen) atoms. The maximum atomic E-state index is 12.5. The number of nitrogens with one attached hydrogen (secondary N) is 1. The van der Waals surface area contributed by atoms with E-state index in [1.54, 1.807) is 23.9 Å². The summed E-state index contributed by atoms with van der Waals surface area (Å²) in [6, 6.07) is 4.05. The molecular formula is C16H23N3O2. The van der Waals surface area contributed by atoms with E-state index >= 15 is 0 Å². The number of carbonyl (C=O) groups is 1. The molecule has 5 nitrogen and oxygen atoms in total. The second-order valence-corrected chi connectivity index (χ2v) is 6.46. The van der Waals surface area contributed by atoms with E-state index in [2.05, 4.69) is 17.3 Å². The van der Waals surface area contributed by atoms with Gasteiger partial charge in [0, 0.05) is 31.9 Å². The van der Waals surface area contributed by atoms with Crippen LogP contribution < -0.4 is 10.9 Å². The zero-order chi connectivity index (χ0) is 15.0. The van der Waals surface area contributed by atoms with Crippen LogP contribution in [0.1, 0.15) is 30.7 Å². The van der Waals surface area contributed by atoms with E-state index in [1.165, 1.54) is 0 Å². The molecule has 0 radical (unpaired) electrons. The summed E-state index contributed by atoms with van der Waals surface area (Å²) in [6.45, 7) is 1.73. The van der Waals surface area contributed by atoms with E-state index in [0.29, 0.717) is 6.04 Å². The van der Waals surface area contributed by atoms with Crippen LogP contribution in [0.5, 0.6) is 0 Å². The van der Waals surface area contributed by atoms with Crippen LogP contribution in [0.3, 0.4) is 0 Å². The second kappa shape index (κ2) is 5.64. The average Bonchev–Trinajstić information content (AvgIpc) is 3.26. The number of piperidine rings is 1. The lowest BCUT2D eigenvalue weighted by Gasteiger charge is -2.36. The van der Waals surface area contributed by atoms with Crippen LogP contribution in [0, 0.1) is 5.92 Å². The van der Waals surface area contributed by atoms with E-state index in [4.69, 9.17) is 0 Å². The third kappa shape index (κ3) is 3.18. The number of hydrogen-bond acceptors (Lipinski definition) is 3. The lowest BCUT2D eigenvalue weighted by Crippen LogP contribution is -2.46. The molecule has 2 fully saturated rings. The Kier molecular flexibility index (Phi) is 3.85. The van der Waals surface area contributed by atoms with Gasteiger partial charge in [-0.1, -0.05) is 0 Å². The Balaban J connectivity index is 1.83. The minimum absolute atomic E-state index is 0.00669. The van der Waals surface area contributed by atoms with Gasteiger partial charge in [-0.05, 0) is 50.4 Å². The molecule has 1 aliphatic carbocycles. The van der Waals surface area contributed by atoms with Crippen molar-refractivity contribution in [2.24, 2.45) is 13.0 Å². The van der Waals surface area contributed by atoms with Crippen LogP contribution in [-0.4, -0.2) is 41.6 Å². The van der Waals surface area contributed by atoms with Gasteiger partial charge in [0.25, 0.3) is 5.56 Å². The fraction of sp³-hybridized carbons (Fsp3) is 0.625. The number of rotatable bonds is 3. The first kappa shape index (κ1) is 14.3. The van der Waals surface area contributed by atoms with Crippen molar-refractivity contribution < 1.29 is 4.79 Å². The average molecular weight is 289 g/mol. The topological polar surface area (TPSA) is 54.3 Å². The Morgan fingerprint density at radius 2 is 2.05 bits per heavy atom. The largest absolute Gasteiger partial charge is 0.353 e. The van der Waals surface area contributed by atoms with Crippen LogP contribution in [-0.2, 0) is 11.8 Å². The summed E-state index contributed by atoms with van der Waals surface area (Å²) >= 11 is 0. The number of likely N-dealkylation sites (tertiary alicyclic amines) is 1. The highest BCUT2D eigenvalue weighted by atomic mass is 16.2. The summed E-state index contributed by atoms with van der Waals surface area (Å²) < 4.78 is 1.57. The van der Waals surface area contributed by atoms with E-state index in [0.717, 1.165) is 37.9 Å². The summed E-state index contributed by atoms with van der Waals surface area (Å²) in [4.78, 5) is 26.6. The first-order valence-corrected chi connectivity index (χ1v) is 7.70. The number of pyridine rings is 1. The smallest absolute Gasteiger partial charge is 0.250 e. The number of aryl methyl sites for hydroxylation is 1.